The third-order valence-electron chi connectivity index (χ3n) is 22.4. The van der Waals surface area contributed by atoms with E-state index in [1.807, 2.05) is 98.6 Å². The lowest BCUT2D eigenvalue weighted by atomic mass is 9.47. The Bertz CT molecular complexity index is 3850. The quantitative estimate of drug-likeness (QED) is 0.0251. The van der Waals surface area contributed by atoms with Gasteiger partial charge in [0.15, 0.2) is 12.1 Å². The van der Waals surface area contributed by atoms with Gasteiger partial charge in [-0.3, -0.25) is 33.7 Å². The first-order valence-corrected chi connectivity index (χ1v) is 34.3. The van der Waals surface area contributed by atoms with Crippen molar-refractivity contribution in [3.63, 3.8) is 0 Å². The van der Waals surface area contributed by atoms with Crippen molar-refractivity contribution in [3.05, 3.63) is 143 Å². The number of hydrogen-bond donors (Lipinski definition) is 4. The molecule has 23 heteroatoms. The molecule has 0 radical (unpaired) electrons. The van der Waals surface area contributed by atoms with Gasteiger partial charge in [-0.05, 0) is 91.8 Å². The van der Waals surface area contributed by atoms with Crippen LogP contribution < -0.4 is 44.2 Å². The van der Waals surface area contributed by atoms with Crippen molar-refractivity contribution in [2.45, 2.75) is 171 Å². The van der Waals surface area contributed by atoms with Crippen LogP contribution in [0.25, 0.3) is 10.9 Å². The van der Waals surface area contributed by atoms with Crippen LogP contribution in [-0.4, -0.2) is 188 Å². The third kappa shape index (κ3) is 12.5. The molecular weight excluding hydrogens is 1370 g/mol. The van der Waals surface area contributed by atoms with Gasteiger partial charge in [0.2, 0.25) is 17.4 Å². The summed E-state index contributed by atoms with van der Waals surface area (Å²) in [5.41, 5.74) is -0.980. The number of methoxy groups -OCH3 is 3. The monoisotopic (exact) mass is 1460 g/mol. The van der Waals surface area contributed by atoms with E-state index in [0.717, 1.165) is 16.5 Å². The number of aliphatic hydroxyl groups is 1. The number of H-pyrrole nitrogens is 1. The highest BCUT2D eigenvalue weighted by Crippen LogP contribution is 2.68. The summed E-state index contributed by atoms with van der Waals surface area (Å²) in [4.78, 5) is 127. The molecule has 1 saturated carbocycles. The number of ether oxygens (including phenoxy) is 6. The van der Waals surface area contributed by atoms with Crippen molar-refractivity contribution in [3.8, 4) is 5.75 Å². The van der Waals surface area contributed by atoms with E-state index < -0.39 is 118 Å². The van der Waals surface area contributed by atoms with Crippen LogP contribution in [0.3, 0.4) is 0 Å². The maximum Gasteiger partial charge on any atom is 0.344 e. The highest BCUT2D eigenvalue weighted by Gasteiger charge is 2.80. The lowest BCUT2D eigenvalue weighted by Gasteiger charge is -2.63. The molecule has 11 rings (SSSR count). The van der Waals surface area contributed by atoms with Gasteiger partial charge in [0.1, 0.15) is 42.5 Å². The van der Waals surface area contributed by atoms with Crippen molar-refractivity contribution < 1.29 is 100 Å². The minimum atomic E-state index is -2.41. The van der Waals surface area contributed by atoms with E-state index in [0.29, 0.717) is 110 Å². The Morgan fingerprint density at radius 2 is 1.48 bits per heavy atom. The van der Waals surface area contributed by atoms with Crippen LogP contribution in [0, 0.1) is 11.3 Å². The van der Waals surface area contributed by atoms with Gasteiger partial charge in [-0.2, -0.15) is 0 Å². The molecule has 5 aliphatic heterocycles. The highest BCUT2D eigenvalue weighted by molar-refractivity contribution is 5.98. The van der Waals surface area contributed by atoms with Gasteiger partial charge < -0.3 is 87.4 Å². The number of aromatic nitrogens is 1. The average Bonchev–Trinajstić information content (AvgIpc) is 1.44. The molecule has 6 heterocycles. The van der Waals surface area contributed by atoms with E-state index in [1.165, 1.54) is 21.1 Å². The first kappa shape index (κ1) is 72.9. The molecular formula is C75H94IN7O15. The maximum atomic E-state index is 16.3. The summed E-state index contributed by atoms with van der Waals surface area (Å²) in [6, 6.07) is 23.7. The smallest absolute Gasteiger partial charge is 0.344 e. The van der Waals surface area contributed by atoms with Gasteiger partial charge in [0.05, 0.1) is 53.9 Å². The van der Waals surface area contributed by atoms with E-state index >= 15 is 14.4 Å². The number of anilines is 1. The Kier molecular flexibility index (Phi) is 21.9. The second-order valence-corrected chi connectivity index (χ2v) is 27.7. The number of fused-ring (bicyclic) bond motifs is 4. The Morgan fingerprint density at radius 1 is 0.806 bits per heavy atom. The van der Waals surface area contributed by atoms with Crippen molar-refractivity contribution in [2.75, 3.05) is 73.0 Å². The van der Waals surface area contributed by atoms with Gasteiger partial charge in [0.25, 0.3) is 5.91 Å². The predicted octanol–water partition coefficient (Wildman–Crippen LogP) is 4.03. The topological polar surface area (TPSA) is 262 Å². The fraction of sp³-hybridized carbons (Fsp3) is 0.520. The van der Waals surface area contributed by atoms with E-state index in [2.05, 4.69) is 34.5 Å². The highest BCUT2D eigenvalue weighted by atomic mass is 127. The number of benzene rings is 4. The molecule has 6 aliphatic rings. The number of esters is 5. The second kappa shape index (κ2) is 29.5. The summed E-state index contributed by atoms with van der Waals surface area (Å²) in [5, 5.41) is 20.1. The molecule has 4 aromatic carbocycles. The van der Waals surface area contributed by atoms with Crippen LogP contribution in [0.2, 0.25) is 0 Å². The van der Waals surface area contributed by atoms with Crippen LogP contribution in [0.15, 0.2) is 109 Å². The molecule has 98 heavy (non-hydrogen) atoms. The first-order valence-electron chi connectivity index (χ1n) is 34.3. The summed E-state index contributed by atoms with van der Waals surface area (Å²) in [6.07, 6.45) is 5.55. The van der Waals surface area contributed by atoms with Crippen LogP contribution in [0.5, 0.6) is 5.75 Å². The normalized spacial score (nSPS) is 27.7. The number of rotatable bonds is 22. The molecule has 0 bridgehead atoms. The minimum Gasteiger partial charge on any atom is -1.00 e. The van der Waals surface area contributed by atoms with Gasteiger partial charge in [-0.25, -0.2) is 9.59 Å². The molecule has 3 fully saturated rings. The van der Waals surface area contributed by atoms with E-state index in [-0.39, 0.29) is 67.0 Å². The predicted molar refractivity (Wildman–Crippen MR) is 360 cm³/mol. The molecule has 1 aliphatic carbocycles. The van der Waals surface area contributed by atoms with Crippen molar-refractivity contribution in [1.29, 1.82) is 0 Å². The number of carbonyl (C=O) groups is 8. The van der Waals surface area contributed by atoms with Crippen LogP contribution in [0.1, 0.15) is 126 Å². The number of hydrogen-bond acceptors (Lipinski definition) is 17. The number of nitrogens with zero attached hydrogens (tertiary/aromatic N) is 4. The second-order valence-electron chi connectivity index (χ2n) is 27.7. The Hall–Kier alpha value is -7.87. The fourth-order valence-electron chi connectivity index (χ4n) is 17.8. The van der Waals surface area contributed by atoms with Crippen LogP contribution in [0.4, 0.5) is 5.69 Å². The minimum absolute atomic E-state index is 0. The molecule has 1 aromatic heterocycles. The molecule has 526 valence electrons. The van der Waals surface area contributed by atoms with Gasteiger partial charge in [0, 0.05) is 84.3 Å². The lowest BCUT2D eigenvalue weighted by Crippen LogP contribution is -3.00. The van der Waals surface area contributed by atoms with Gasteiger partial charge >= 0.3 is 29.8 Å². The number of para-hydroxylation sites is 1. The lowest BCUT2D eigenvalue weighted by molar-refractivity contribution is -0.925. The summed E-state index contributed by atoms with van der Waals surface area (Å²) in [6.45, 7) is 11.2. The summed E-state index contributed by atoms with van der Waals surface area (Å²) in [5.74, 6) is -5.48. The largest absolute Gasteiger partial charge is 1.00 e. The van der Waals surface area contributed by atoms with Crippen molar-refractivity contribution in [2.24, 2.45) is 11.3 Å². The maximum absolute atomic E-state index is 16.3. The zero-order valence-electron chi connectivity index (χ0n) is 57.9. The Labute approximate surface area is 590 Å². The molecule has 1 spiro atoms. The summed E-state index contributed by atoms with van der Waals surface area (Å²) < 4.78 is 35.8. The van der Waals surface area contributed by atoms with E-state index in [4.69, 9.17) is 28.4 Å². The summed E-state index contributed by atoms with van der Waals surface area (Å²) >= 11 is 0. The van der Waals surface area contributed by atoms with Crippen LogP contribution in [-0.2, 0) is 92.5 Å². The molecule has 4 N–H and O–H groups in total. The summed E-state index contributed by atoms with van der Waals surface area (Å²) in [7, 11) is 8.03. The number of amides is 3. The van der Waals surface area contributed by atoms with Gasteiger partial charge in [-0.1, -0.05) is 125 Å². The molecule has 1 unspecified atom stereocenters. The zero-order valence-corrected chi connectivity index (χ0v) is 60.0. The number of halogens is 1. The number of nitrogens with one attached hydrogen (secondary N) is 3. The molecule has 3 amide bonds. The average molecular weight is 1460 g/mol. The Balaban J connectivity index is 0.0000104. The first-order chi connectivity index (χ1) is 46.6. The standard InChI is InChI=1S/C75H93N7O15.HI/c1-11-38-82(7)39-24-33-73(70(89)93-9,53-41-52-57(43-59(53)92-8)79(6)68-74(52)34-37-80-35-23-32-72(13-3,67(74)80)69(97-47(5)83)75(68,91)71(90)94-10)62-51(50-29-20-21-30-54(50)76-62)40-58(82)65(87)81-36-22-31-56(81)63(85)78-61(46(4)12-2)64(86)77-55(66(88)96-45-49-27-18-15-19-28-49)42-60(84)95-44-48-25-16-14-17-26-48;/h14-21,23,25-30,32,41,43,46,55-56,58,61,67-69,76,91H,11-13,22,24,31,33-40,42,44-45H2,1-10H3,(H-,77,78,85,86);1H/t46-,55-,56-,58-,61-,67-,68+,69+,72+,73-,74+,75-,82?;/m0./s1. The number of likely N-dealkylation sites (N-methyl/N-ethyl adjacent to an activating group) is 2. The van der Waals surface area contributed by atoms with Crippen molar-refractivity contribution in [1.82, 2.24) is 25.4 Å². The van der Waals surface area contributed by atoms with Crippen molar-refractivity contribution >= 4 is 64.2 Å². The molecule has 22 nitrogen and oxygen atoms in total. The van der Waals surface area contributed by atoms with E-state index in [9.17, 15) is 29.1 Å². The Morgan fingerprint density at radius 3 is 2.12 bits per heavy atom. The molecule has 13 atom stereocenters. The SMILES string of the molecule is CCC[N+]1(C)CCC[C@](C(=O)OC)(c2cc3c(cc2OC)N(C)[C@H]2[C@@](O)(C(=O)OC)[C@H](OC(C)=O)[C@]4(CC)C=CCN5CC[C@]32[C@@H]54)c2[nH]c3ccccc3c2C[C@H]1C(=O)N1CCC[C@H]1C(=O)N[C@H](C(=O)N[C@@H](CC(=O)OCc1ccccc1)C(=O)OCc1ccccc1)[C@@H](C)CC.[I-]. The van der Waals surface area contributed by atoms with E-state index in [1.54, 1.807) is 55.3 Å². The number of carbonyl (C=O) groups excluding carboxylic acids is 8. The number of aromatic amines is 1. The molecule has 2 saturated heterocycles. The number of quaternary nitrogens is 1. The van der Waals surface area contributed by atoms with Crippen LogP contribution >= 0.6 is 0 Å². The number of likely N-dealkylation sites (tertiary alicyclic amines) is 1. The van der Waals surface area contributed by atoms with Gasteiger partial charge in [-0.15, -0.1) is 0 Å². The zero-order chi connectivity index (χ0) is 69.4. The fourth-order valence-corrected chi connectivity index (χ4v) is 17.8. The third-order valence-corrected chi connectivity index (χ3v) is 22.4. The molecule has 5 aromatic rings.